The number of hydrogen-bond acceptors (Lipinski definition) is 0. The fraction of sp³-hybridized carbons (Fsp3) is 0.143. The zero-order chi connectivity index (χ0) is 14.1. The van der Waals surface area contributed by atoms with Crippen LogP contribution in [0.1, 0.15) is 24.3 Å². The van der Waals surface area contributed by atoms with Gasteiger partial charge in [0.2, 0.25) is 0 Å². The van der Waals surface area contributed by atoms with E-state index < -0.39 is 0 Å². The Morgan fingerprint density at radius 2 is 1.00 bits per heavy atom. The lowest BCUT2D eigenvalue weighted by Gasteiger charge is -2.10. The molecule has 102 valence electrons. The summed E-state index contributed by atoms with van der Waals surface area (Å²) in [5, 5.41) is 0. The molecule has 1 aliphatic rings. The second-order valence-corrected chi connectivity index (χ2v) is 5.85. The van der Waals surface area contributed by atoms with Crippen molar-refractivity contribution in [1.82, 2.24) is 0 Å². The van der Waals surface area contributed by atoms with Crippen LogP contribution in [0.4, 0.5) is 0 Å². The molecule has 1 fully saturated rings. The quantitative estimate of drug-likeness (QED) is 0.556. The van der Waals surface area contributed by atoms with E-state index in [-0.39, 0.29) is 0 Å². The van der Waals surface area contributed by atoms with Crippen LogP contribution < -0.4 is 0 Å². The zero-order valence-corrected chi connectivity index (χ0v) is 12.0. The Morgan fingerprint density at radius 1 is 0.524 bits per heavy atom. The van der Waals surface area contributed by atoms with Crippen molar-refractivity contribution < 1.29 is 0 Å². The standard InChI is InChI=1S/C21H18/c1-3-7-16(8-4-1)19-13-20(17-9-5-2-6-10-17)15-21(14-19)18-11-12-18/h1-10,13-15,18H,11-12H2. The predicted octanol–water partition coefficient (Wildman–Crippen LogP) is 5.90. The summed E-state index contributed by atoms with van der Waals surface area (Å²) in [7, 11) is 0. The van der Waals surface area contributed by atoms with Crippen LogP contribution in [-0.4, -0.2) is 0 Å². The molecule has 0 N–H and O–H groups in total. The molecule has 3 aromatic rings. The first-order valence-corrected chi connectivity index (χ1v) is 7.66. The van der Waals surface area contributed by atoms with Crippen molar-refractivity contribution in [1.29, 1.82) is 0 Å². The van der Waals surface area contributed by atoms with Crippen LogP contribution in [0.15, 0.2) is 78.9 Å². The van der Waals surface area contributed by atoms with E-state index in [9.17, 15) is 0 Å². The largest absolute Gasteiger partial charge is 0.0622 e. The van der Waals surface area contributed by atoms with E-state index in [2.05, 4.69) is 78.9 Å². The highest BCUT2D eigenvalue weighted by Gasteiger charge is 2.24. The molecule has 1 aliphatic carbocycles. The molecule has 0 heteroatoms. The Balaban J connectivity index is 1.86. The molecule has 0 radical (unpaired) electrons. The molecule has 0 aliphatic heterocycles. The van der Waals surface area contributed by atoms with Gasteiger partial charge in [0.1, 0.15) is 0 Å². The van der Waals surface area contributed by atoms with Gasteiger partial charge in [-0.25, -0.2) is 0 Å². The van der Waals surface area contributed by atoms with Crippen molar-refractivity contribution >= 4 is 0 Å². The van der Waals surface area contributed by atoms with Gasteiger partial charge >= 0.3 is 0 Å². The molecular formula is C21H18. The van der Waals surface area contributed by atoms with Gasteiger partial charge in [0.05, 0.1) is 0 Å². The van der Waals surface area contributed by atoms with Crippen LogP contribution in [0, 0.1) is 0 Å². The summed E-state index contributed by atoms with van der Waals surface area (Å²) in [6.45, 7) is 0. The molecule has 3 aromatic carbocycles. The van der Waals surface area contributed by atoms with Crippen LogP contribution in [0.5, 0.6) is 0 Å². The van der Waals surface area contributed by atoms with Gasteiger partial charge in [-0.2, -0.15) is 0 Å². The third-order valence-electron chi connectivity index (χ3n) is 4.22. The molecule has 4 rings (SSSR count). The second kappa shape index (κ2) is 5.21. The van der Waals surface area contributed by atoms with E-state index in [0.717, 1.165) is 5.92 Å². The van der Waals surface area contributed by atoms with Crippen molar-refractivity contribution in [2.24, 2.45) is 0 Å². The third-order valence-corrected chi connectivity index (χ3v) is 4.22. The molecule has 0 bridgehead atoms. The normalized spacial score (nSPS) is 14.1. The fourth-order valence-electron chi connectivity index (χ4n) is 2.90. The van der Waals surface area contributed by atoms with E-state index in [1.165, 1.54) is 40.7 Å². The smallest absolute Gasteiger partial charge is 0.0161 e. The molecule has 0 amide bonds. The predicted molar refractivity (Wildman–Crippen MR) is 89.3 cm³/mol. The molecule has 0 aromatic heterocycles. The molecular weight excluding hydrogens is 252 g/mol. The topological polar surface area (TPSA) is 0 Å². The summed E-state index contributed by atoms with van der Waals surface area (Å²) in [6, 6.07) is 28.4. The minimum atomic E-state index is 0.774. The van der Waals surface area contributed by atoms with E-state index >= 15 is 0 Å². The molecule has 1 saturated carbocycles. The summed E-state index contributed by atoms with van der Waals surface area (Å²) in [5.41, 5.74) is 6.77. The number of rotatable bonds is 3. The first-order chi connectivity index (χ1) is 10.4. The SMILES string of the molecule is c1ccc(-c2cc(-c3ccccc3)cc(C3CC3)c2)cc1. The van der Waals surface area contributed by atoms with Gasteiger partial charge < -0.3 is 0 Å². The van der Waals surface area contributed by atoms with E-state index in [1.807, 2.05) is 0 Å². The zero-order valence-electron chi connectivity index (χ0n) is 12.0. The average molecular weight is 270 g/mol. The average Bonchev–Trinajstić information content (AvgIpc) is 3.41. The van der Waals surface area contributed by atoms with Gasteiger partial charge in [-0.15, -0.1) is 0 Å². The Morgan fingerprint density at radius 3 is 1.43 bits per heavy atom. The molecule has 0 atom stereocenters. The first-order valence-electron chi connectivity index (χ1n) is 7.66. The maximum Gasteiger partial charge on any atom is -0.0161 e. The summed E-state index contributed by atoms with van der Waals surface area (Å²) in [5.74, 6) is 0.774. The molecule has 0 nitrogen and oxygen atoms in total. The Bertz CT molecular complexity index is 680. The van der Waals surface area contributed by atoms with Crippen molar-refractivity contribution in [3.63, 3.8) is 0 Å². The van der Waals surface area contributed by atoms with Gasteiger partial charge in [0.15, 0.2) is 0 Å². The summed E-state index contributed by atoms with van der Waals surface area (Å²) >= 11 is 0. The van der Waals surface area contributed by atoms with Crippen LogP contribution in [0.3, 0.4) is 0 Å². The van der Waals surface area contributed by atoms with Gasteiger partial charge in [-0.05, 0) is 52.6 Å². The monoisotopic (exact) mass is 270 g/mol. The third kappa shape index (κ3) is 2.62. The van der Waals surface area contributed by atoms with Crippen molar-refractivity contribution in [2.75, 3.05) is 0 Å². The summed E-state index contributed by atoms with van der Waals surface area (Å²) < 4.78 is 0. The minimum absolute atomic E-state index is 0.774. The van der Waals surface area contributed by atoms with E-state index in [4.69, 9.17) is 0 Å². The van der Waals surface area contributed by atoms with Crippen molar-refractivity contribution in [2.45, 2.75) is 18.8 Å². The molecule has 0 unspecified atom stereocenters. The molecule has 0 heterocycles. The van der Waals surface area contributed by atoms with E-state index in [0.29, 0.717) is 0 Å². The van der Waals surface area contributed by atoms with Crippen molar-refractivity contribution in [3.8, 4) is 22.3 Å². The highest BCUT2D eigenvalue weighted by atomic mass is 14.3. The highest BCUT2D eigenvalue weighted by molar-refractivity contribution is 5.74. The summed E-state index contributed by atoms with van der Waals surface area (Å²) in [6.07, 6.45) is 2.68. The summed E-state index contributed by atoms with van der Waals surface area (Å²) in [4.78, 5) is 0. The van der Waals surface area contributed by atoms with Gasteiger partial charge in [0.25, 0.3) is 0 Å². The van der Waals surface area contributed by atoms with Gasteiger partial charge in [-0.1, -0.05) is 72.8 Å². The number of benzene rings is 3. The first kappa shape index (κ1) is 12.4. The van der Waals surface area contributed by atoms with Crippen LogP contribution in [0.2, 0.25) is 0 Å². The lowest BCUT2D eigenvalue weighted by Crippen LogP contribution is -1.87. The fourth-order valence-corrected chi connectivity index (χ4v) is 2.90. The number of hydrogen-bond donors (Lipinski definition) is 0. The van der Waals surface area contributed by atoms with Gasteiger partial charge in [-0.3, -0.25) is 0 Å². The van der Waals surface area contributed by atoms with E-state index in [1.54, 1.807) is 0 Å². The van der Waals surface area contributed by atoms with Gasteiger partial charge in [0, 0.05) is 0 Å². The highest BCUT2D eigenvalue weighted by Crippen LogP contribution is 2.42. The lowest BCUT2D eigenvalue weighted by atomic mass is 9.94. The second-order valence-electron chi connectivity index (χ2n) is 5.85. The molecule has 0 spiro atoms. The minimum Gasteiger partial charge on any atom is -0.0622 e. The maximum atomic E-state index is 2.37. The Labute approximate surface area is 126 Å². The molecule has 0 saturated heterocycles. The Hall–Kier alpha value is -2.34. The van der Waals surface area contributed by atoms with Crippen LogP contribution in [-0.2, 0) is 0 Å². The maximum absolute atomic E-state index is 2.37. The lowest BCUT2D eigenvalue weighted by molar-refractivity contribution is 1.13. The van der Waals surface area contributed by atoms with Crippen LogP contribution >= 0.6 is 0 Å². The Kier molecular flexibility index (Phi) is 3.08. The molecule has 21 heavy (non-hydrogen) atoms. The van der Waals surface area contributed by atoms with Crippen molar-refractivity contribution in [3.05, 3.63) is 84.4 Å². The van der Waals surface area contributed by atoms with Crippen LogP contribution in [0.25, 0.3) is 22.3 Å².